The fraction of sp³-hybridized carbons (Fsp3) is 0.500. The van der Waals surface area contributed by atoms with Gasteiger partial charge in [0.15, 0.2) is 0 Å². The molecule has 1 fully saturated rings. The first-order chi connectivity index (χ1) is 13.3. The maximum Gasteiger partial charge on any atom is 0.0802 e. The predicted molar refractivity (Wildman–Crippen MR) is 111 cm³/mol. The van der Waals surface area contributed by atoms with E-state index >= 15 is 0 Å². The lowest BCUT2D eigenvalue weighted by molar-refractivity contribution is 0.139. The van der Waals surface area contributed by atoms with Crippen LogP contribution in [0.1, 0.15) is 54.5 Å². The van der Waals surface area contributed by atoms with Crippen molar-refractivity contribution >= 4 is 0 Å². The predicted octanol–water partition coefficient (Wildman–Crippen LogP) is 4.20. The van der Waals surface area contributed by atoms with E-state index in [1.807, 2.05) is 30.3 Å². The van der Waals surface area contributed by atoms with Crippen molar-refractivity contribution in [3.05, 3.63) is 71.3 Å². The van der Waals surface area contributed by atoms with Gasteiger partial charge in [0, 0.05) is 32.2 Å². The minimum absolute atomic E-state index is 0.351. The Kier molecular flexibility index (Phi) is 6.23. The van der Waals surface area contributed by atoms with Crippen molar-refractivity contribution in [1.29, 1.82) is 0 Å². The molecule has 0 spiro atoms. The average Bonchev–Trinajstić information content (AvgIpc) is 2.98. The number of hydrogen-bond acceptors (Lipinski definition) is 3. The first-order valence-electron chi connectivity index (χ1n) is 10.6. The Morgan fingerprint density at radius 2 is 1.70 bits per heavy atom. The van der Waals surface area contributed by atoms with Crippen LogP contribution in [-0.4, -0.2) is 47.6 Å². The summed E-state index contributed by atoms with van der Waals surface area (Å²) in [5.41, 5.74) is 4.16. The molecule has 3 heteroatoms. The van der Waals surface area contributed by atoms with Crippen LogP contribution in [0.25, 0.3) is 0 Å². The quantitative estimate of drug-likeness (QED) is 0.861. The molecule has 2 aliphatic rings. The van der Waals surface area contributed by atoms with Gasteiger partial charge < -0.3 is 10.0 Å². The summed E-state index contributed by atoms with van der Waals surface area (Å²) in [6.45, 7) is 5.56. The van der Waals surface area contributed by atoms with E-state index in [-0.39, 0.29) is 6.10 Å². The van der Waals surface area contributed by atoms with Crippen LogP contribution in [0.5, 0.6) is 0 Å². The van der Waals surface area contributed by atoms with Crippen molar-refractivity contribution in [2.45, 2.75) is 44.2 Å². The van der Waals surface area contributed by atoms with Crippen LogP contribution < -0.4 is 0 Å². The average molecular weight is 365 g/mol. The number of hydrogen-bond donors (Lipinski definition) is 1. The molecule has 4 rings (SSSR count). The number of aliphatic hydroxyl groups is 1. The Bertz CT molecular complexity index is 717. The molecule has 0 bridgehead atoms. The van der Waals surface area contributed by atoms with E-state index in [1.165, 1.54) is 32.2 Å². The number of nitrogens with zero attached hydrogens (tertiary/aromatic N) is 2. The van der Waals surface area contributed by atoms with Crippen molar-refractivity contribution in [1.82, 2.24) is 9.80 Å². The highest BCUT2D eigenvalue weighted by atomic mass is 16.3. The first kappa shape index (κ1) is 18.7. The minimum Gasteiger partial charge on any atom is -0.388 e. The SMILES string of the molecule is OC(CCN1CCCN(C2CCCc3ccccc32)CC1)c1ccccc1. The monoisotopic (exact) mass is 364 g/mol. The molecule has 0 aromatic heterocycles. The Balaban J connectivity index is 1.32. The molecular formula is C24H32N2O. The maximum absolute atomic E-state index is 10.4. The zero-order chi connectivity index (χ0) is 18.5. The lowest BCUT2D eigenvalue weighted by Gasteiger charge is -2.35. The molecule has 2 unspecified atom stereocenters. The lowest BCUT2D eigenvalue weighted by Crippen LogP contribution is -2.35. The smallest absolute Gasteiger partial charge is 0.0802 e. The van der Waals surface area contributed by atoms with E-state index in [2.05, 4.69) is 34.1 Å². The molecule has 2 aromatic rings. The third-order valence-electron chi connectivity index (χ3n) is 6.30. The van der Waals surface area contributed by atoms with Crippen molar-refractivity contribution in [3.8, 4) is 0 Å². The Hall–Kier alpha value is -1.68. The standard InChI is InChI=1S/C24H32N2O/c27-24(21-9-2-1-3-10-21)14-17-25-15-7-16-26(19-18-25)23-13-6-11-20-8-4-5-12-22(20)23/h1-5,8-10,12,23-24,27H,6-7,11,13-19H2. The van der Waals surface area contributed by atoms with Gasteiger partial charge in [0.25, 0.3) is 0 Å². The zero-order valence-corrected chi connectivity index (χ0v) is 16.3. The second kappa shape index (κ2) is 9.01. The van der Waals surface area contributed by atoms with E-state index < -0.39 is 0 Å². The minimum atomic E-state index is -0.351. The summed E-state index contributed by atoms with van der Waals surface area (Å²) in [7, 11) is 0. The van der Waals surface area contributed by atoms with Gasteiger partial charge in [0.1, 0.15) is 0 Å². The first-order valence-corrected chi connectivity index (χ1v) is 10.6. The molecule has 2 atom stereocenters. The van der Waals surface area contributed by atoms with Crippen molar-refractivity contribution in [2.24, 2.45) is 0 Å². The maximum atomic E-state index is 10.4. The number of aryl methyl sites for hydroxylation is 1. The Morgan fingerprint density at radius 3 is 2.59 bits per heavy atom. The Morgan fingerprint density at radius 1 is 0.889 bits per heavy atom. The zero-order valence-electron chi connectivity index (χ0n) is 16.3. The van der Waals surface area contributed by atoms with Gasteiger partial charge >= 0.3 is 0 Å². The van der Waals surface area contributed by atoms with E-state index in [1.54, 1.807) is 11.1 Å². The van der Waals surface area contributed by atoms with Crippen molar-refractivity contribution in [3.63, 3.8) is 0 Å². The van der Waals surface area contributed by atoms with Crippen LogP contribution in [0.3, 0.4) is 0 Å². The van der Waals surface area contributed by atoms with Crippen LogP contribution in [0.15, 0.2) is 54.6 Å². The number of aliphatic hydroxyl groups excluding tert-OH is 1. The summed E-state index contributed by atoms with van der Waals surface area (Å²) < 4.78 is 0. The van der Waals surface area contributed by atoms with Gasteiger partial charge in [-0.3, -0.25) is 4.90 Å². The molecule has 3 nitrogen and oxygen atoms in total. The molecule has 144 valence electrons. The van der Waals surface area contributed by atoms with E-state index in [9.17, 15) is 5.11 Å². The molecule has 1 aliphatic carbocycles. The molecule has 2 aromatic carbocycles. The van der Waals surface area contributed by atoms with Gasteiger partial charge in [-0.1, -0.05) is 54.6 Å². The number of fused-ring (bicyclic) bond motifs is 1. The molecule has 0 radical (unpaired) electrons. The van der Waals surface area contributed by atoms with Crippen LogP contribution in [0.2, 0.25) is 0 Å². The molecule has 1 N–H and O–H groups in total. The summed E-state index contributed by atoms with van der Waals surface area (Å²) in [5.74, 6) is 0. The second-order valence-corrected chi connectivity index (χ2v) is 8.05. The third kappa shape index (κ3) is 4.60. The molecule has 0 amide bonds. The number of rotatable bonds is 5. The molecule has 1 aliphatic heterocycles. The second-order valence-electron chi connectivity index (χ2n) is 8.05. The molecule has 1 heterocycles. The van der Waals surface area contributed by atoms with Crippen LogP contribution in [0.4, 0.5) is 0 Å². The van der Waals surface area contributed by atoms with E-state index in [0.29, 0.717) is 6.04 Å². The van der Waals surface area contributed by atoms with Crippen LogP contribution in [0, 0.1) is 0 Å². The van der Waals surface area contributed by atoms with E-state index in [0.717, 1.165) is 38.2 Å². The summed E-state index contributed by atoms with van der Waals surface area (Å²) in [6, 6.07) is 19.7. The molecule has 27 heavy (non-hydrogen) atoms. The summed E-state index contributed by atoms with van der Waals surface area (Å²) in [6.07, 6.45) is 5.53. The largest absolute Gasteiger partial charge is 0.388 e. The summed E-state index contributed by atoms with van der Waals surface area (Å²) in [5, 5.41) is 10.4. The van der Waals surface area contributed by atoms with Gasteiger partial charge in [-0.25, -0.2) is 0 Å². The van der Waals surface area contributed by atoms with Crippen molar-refractivity contribution in [2.75, 3.05) is 32.7 Å². The normalized spacial score (nSPS) is 22.8. The van der Waals surface area contributed by atoms with Crippen LogP contribution in [-0.2, 0) is 6.42 Å². The lowest BCUT2D eigenvalue weighted by atomic mass is 9.87. The van der Waals surface area contributed by atoms with Gasteiger partial charge in [-0.05, 0) is 55.3 Å². The van der Waals surface area contributed by atoms with Gasteiger partial charge in [0.05, 0.1) is 6.10 Å². The highest BCUT2D eigenvalue weighted by Crippen LogP contribution is 2.34. The fourth-order valence-electron chi connectivity index (χ4n) is 4.78. The third-order valence-corrected chi connectivity index (χ3v) is 6.30. The van der Waals surface area contributed by atoms with Gasteiger partial charge in [-0.15, -0.1) is 0 Å². The fourth-order valence-corrected chi connectivity index (χ4v) is 4.78. The molecule has 0 saturated carbocycles. The molecule has 1 saturated heterocycles. The van der Waals surface area contributed by atoms with Crippen LogP contribution >= 0.6 is 0 Å². The van der Waals surface area contributed by atoms with Crippen molar-refractivity contribution < 1.29 is 5.11 Å². The summed E-state index contributed by atoms with van der Waals surface area (Å²) >= 11 is 0. The highest BCUT2D eigenvalue weighted by molar-refractivity contribution is 5.32. The van der Waals surface area contributed by atoms with E-state index in [4.69, 9.17) is 0 Å². The highest BCUT2D eigenvalue weighted by Gasteiger charge is 2.27. The molecular weight excluding hydrogens is 332 g/mol. The van der Waals surface area contributed by atoms with Gasteiger partial charge in [0.2, 0.25) is 0 Å². The van der Waals surface area contributed by atoms with Gasteiger partial charge in [-0.2, -0.15) is 0 Å². The Labute approximate surface area is 163 Å². The topological polar surface area (TPSA) is 26.7 Å². The summed E-state index contributed by atoms with van der Waals surface area (Å²) in [4.78, 5) is 5.26. The number of benzene rings is 2.